The molecule has 98 valence electrons. The van der Waals surface area contributed by atoms with Gasteiger partial charge >= 0.3 is 0 Å². The second-order valence-corrected chi connectivity index (χ2v) is 6.01. The number of allylic oxidation sites excluding steroid dienone is 2. The molecule has 0 aliphatic heterocycles. The average Bonchev–Trinajstić information content (AvgIpc) is 3.16. The van der Waals surface area contributed by atoms with Gasteiger partial charge in [-0.25, -0.2) is 4.39 Å². The second kappa shape index (κ2) is 4.51. The van der Waals surface area contributed by atoms with E-state index in [4.69, 9.17) is 0 Å². The van der Waals surface area contributed by atoms with Crippen LogP contribution in [0.2, 0.25) is 0 Å². The van der Waals surface area contributed by atoms with Gasteiger partial charge in [-0.3, -0.25) is 0 Å². The quantitative estimate of drug-likeness (QED) is 0.518. The highest BCUT2D eigenvalue weighted by molar-refractivity contribution is 5.67. The molecule has 0 bridgehead atoms. The van der Waals surface area contributed by atoms with Crippen LogP contribution in [0.1, 0.15) is 38.2 Å². The maximum absolute atomic E-state index is 13.0. The molecular weight excluding hydrogens is 235 g/mol. The number of hydrogen-bond acceptors (Lipinski definition) is 0. The van der Waals surface area contributed by atoms with Crippen molar-refractivity contribution >= 4 is 5.57 Å². The Morgan fingerprint density at radius 1 is 1.26 bits per heavy atom. The Kier molecular flexibility index (Phi) is 2.95. The van der Waals surface area contributed by atoms with E-state index in [1.165, 1.54) is 36.1 Å². The van der Waals surface area contributed by atoms with Crippen molar-refractivity contribution in [3.63, 3.8) is 0 Å². The van der Waals surface area contributed by atoms with Gasteiger partial charge in [0.15, 0.2) is 0 Å². The third kappa shape index (κ3) is 2.43. The first-order valence-corrected chi connectivity index (χ1v) is 6.99. The fourth-order valence-electron chi connectivity index (χ4n) is 2.90. The largest absolute Gasteiger partial charge is 0.207 e. The average molecular weight is 254 g/mol. The predicted octanol–water partition coefficient (Wildman–Crippen LogP) is 5.13. The Balaban J connectivity index is 2.03. The molecule has 19 heavy (non-hydrogen) atoms. The Labute approximate surface area is 114 Å². The first-order valence-electron chi connectivity index (χ1n) is 6.99. The van der Waals surface area contributed by atoms with E-state index in [0.29, 0.717) is 11.3 Å². The van der Waals surface area contributed by atoms with Crippen molar-refractivity contribution in [3.05, 3.63) is 59.6 Å². The zero-order chi connectivity index (χ0) is 13.5. The lowest BCUT2D eigenvalue weighted by Gasteiger charge is -2.24. The normalized spacial score (nSPS) is 21.6. The third-order valence-corrected chi connectivity index (χ3v) is 4.48. The van der Waals surface area contributed by atoms with Gasteiger partial charge in [0.05, 0.1) is 0 Å². The Hall–Kier alpha value is -1.59. The van der Waals surface area contributed by atoms with Gasteiger partial charge in [0.25, 0.3) is 0 Å². The third-order valence-electron chi connectivity index (χ3n) is 4.48. The number of hydrogen-bond donors (Lipinski definition) is 0. The number of benzene rings is 1. The van der Waals surface area contributed by atoms with Crippen molar-refractivity contribution in [2.24, 2.45) is 11.3 Å². The summed E-state index contributed by atoms with van der Waals surface area (Å²) in [5, 5.41) is 0. The van der Waals surface area contributed by atoms with Gasteiger partial charge in [-0.1, -0.05) is 25.1 Å². The van der Waals surface area contributed by atoms with Crippen molar-refractivity contribution in [1.29, 1.82) is 0 Å². The molecule has 1 aromatic carbocycles. The molecule has 0 radical (unpaired) electrons. The van der Waals surface area contributed by atoms with Crippen LogP contribution < -0.4 is 0 Å². The number of halogens is 1. The minimum atomic E-state index is -0.176. The van der Waals surface area contributed by atoms with E-state index in [9.17, 15) is 4.39 Å². The van der Waals surface area contributed by atoms with E-state index in [2.05, 4.69) is 19.2 Å². The summed E-state index contributed by atoms with van der Waals surface area (Å²) >= 11 is 0. The van der Waals surface area contributed by atoms with E-state index in [1.54, 1.807) is 0 Å². The molecule has 0 heterocycles. The van der Waals surface area contributed by atoms with Crippen LogP contribution in [0.4, 0.5) is 4.39 Å². The van der Waals surface area contributed by atoms with Crippen molar-refractivity contribution in [1.82, 2.24) is 0 Å². The molecule has 0 amide bonds. The van der Waals surface area contributed by atoms with E-state index < -0.39 is 0 Å². The van der Waals surface area contributed by atoms with Crippen molar-refractivity contribution in [2.45, 2.75) is 32.6 Å². The maximum Gasteiger partial charge on any atom is 0.123 e. The summed E-state index contributed by atoms with van der Waals surface area (Å²) in [5.74, 6) is 0.207. The summed E-state index contributed by atoms with van der Waals surface area (Å²) in [5.41, 5.74) is 7.76. The van der Waals surface area contributed by atoms with Crippen molar-refractivity contribution in [3.8, 4) is 0 Å². The highest BCUT2D eigenvalue weighted by Gasteiger charge is 2.45. The van der Waals surface area contributed by atoms with Gasteiger partial charge in [-0.2, -0.15) is 0 Å². The lowest BCUT2D eigenvalue weighted by molar-refractivity contribution is 0.493. The molecular formula is C18H19F. The Morgan fingerprint density at radius 3 is 2.53 bits per heavy atom. The van der Waals surface area contributed by atoms with Crippen LogP contribution in [0.5, 0.6) is 0 Å². The SMILES string of the molecule is C=CC(C)C1=C=C(c2ccc(F)cc2)CC2(CC2)C1. The summed E-state index contributed by atoms with van der Waals surface area (Å²) in [6.07, 6.45) is 6.86. The minimum absolute atomic E-state index is 0.176. The van der Waals surface area contributed by atoms with Gasteiger partial charge in [-0.15, -0.1) is 12.3 Å². The van der Waals surface area contributed by atoms with Gasteiger partial charge in [-0.05, 0) is 54.4 Å². The van der Waals surface area contributed by atoms with Gasteiger partial charge in [0, 0.05) is 11.5 Å². The molecule has 0 aromatic heterocycles. The zero-order valence-electron chi connectivity index (χ0n) is 11.4. The smallest absolute Gasteiger partial charge is 0.123 e. The summed E-state index contributed by atoms with van der Waals surface area (Å²) < 4.78 is 13.0. The second-order valence-electron chi connectivity index (χ2n) is 6.01. The summed E-state index contributed by atoms with van der Waals surface area (Å²) in [4.78, 5) is 0. The van der Waals surface area contributed by atoms with E-state index in [-0.39, 0.29) is 5.82 Å². The predicted molar refractivity (Wildman–Crippen MR) is 77.1 cm³/mol. The van der Waals surface area contributed by atoms with E-state index in [0.717, 1.165) is 18.4 Å². The standard InChI is InChI=1S/C18H19F/c1-3-13(2)15-10-16(12-18(11-15)8-9-18)14-4-6-17(19)7-5-14/h3-7,13H,1,8-9,11-12H2,2H3. The van der Waals surface area contributed by atoms with Crippen LogP contribution in [-0.2, 0) is 0 Å². The van der Waals surface area contributed by atoms with Gasteiger partial charge in [0.1, 0.15) is 5.82 Å². The van der Waals surface area contributed by atoms with Crippen LogP contribution >= 0.6 is 0 Å². The zero-order valence-corrected chi connectivity index (χ0v) is 11.4. The topological polar surface area (TPSA) is 0 Å². The van der Waals surface area contributed by atoms with Gasteiger partial charge in [0.2, 0.25) is 0 Å². The first kappa shape index (κ1) is 12.4. The van der Waals surface area contributed by atoms with Crippen LogP contribution in [-0.4, -0.2) is 0 Å². The minimum Gasteiger partial charge on any atom is -0.207 e. The van der Waals surface area contributed by atoms with E-state index >= 15 is 0 Å². The molecule has 1 atom stereocenters. The fourth-order valence-corrected chi connectivity index (χ4v) is 2.90. The lowest BCUT2D eigenvalue weighted by atomic mass is 9.79. The van der Waals surface area contributed by atoms with Crippen molar-refractivity contribution in [2.75, 3.05) is 0 Å². The molecule has 0 saturated heterocycles. The lowest BCUT2D eigenvalue weighted by Crippen LogP contribution is -2.11. The molecule has 1 saturated carbocycles. The summed E-state index contributed by atoms with van der Waals surface area (Å²) in [7, 11) is 0. The maximum atomic E-state index is 13.0. The van der Waals surface area contributed by atoms with E-state index in [1.807, 2.05) is 18.2 Å². The molecule has 1 unspecified atom stereocenters. The van der Waals surface area contributed by atoms with Crippen LogP contribution in [0.3, 0.4) is 0 Å². The fraction of sp³-hybridized carbons (Fsp3) is 0.389. The molecule has 3 rings (SSSR count). The molecule has 0 N–H and O–H groups in total. The molecule has 2 aliphatic rings. The molecule has 1 spiro atoms. The highest BCUT2D eigenvalue weighted by atomic mass is 19.1. The first-order chi connectivity index (χ1) is 9.12. The van der Waals surface area contributed by atoms with Gasteiger partial charge < -0.3 is 0 Å². The van der Waals surface area contributed by atoms with Crippen LogP contribution in [0.25, 0.3) is 5.57 Å². The molecule has 1 fully saturated rings. The van der Waals surface area contributed by atoms with Crippen LogP contribution in [0.15, 0.2) is 48.2 Å². The summed E-state index contributed by atoms with van der Waals surface area (Å²) in [6, 6.07) is 6.81. The summed E-state index contributed by atoms with van der Waals surface area (Å²) in [6.45, 7) is 6.07. The van der Waals surface area contributed by atoms with Crippen LogP contribution in [0, 0.1) is 17.2 Å². The molecule has 1 heteroatoms. The Morgan fingerprint density at radius 2 is 1.95 bits per heavy atom. The molecule has 0 nitrogen and oxygen atoms in total. The monoisotopic (exact) mass is 254 g/mol. The van der Waals surface area contributed by atoms with Crippen molar-refractivity contribution < 1.29 is 4.39 Å². The molecule has 1 aromatic rings. The highest BCUT2D eigenvalue weighted by Crippen LogP contribution is 2.58. The molecule has 2 aliphatic carbocycles. The number of rotatable bonds is 3. The Bertz CT molecular complexity index is 566.